The minimum atomic E-state index is -1.02. The number of hydrogen-bond donors (Lipinski definition) is 1. The summed E-state index contributed by atoms with van der Waals surface area (Å²) in [5.41, 5.74) is 4.20. The van der Waals surface area contributed by atoms with Crippen molar-refractivity contribution >= 4 is 17.9 Å². The molecule has 6 heteroatoms. The molecule has 0 heterocycles. The van der Waals surface area contributed by atoms with Gasteiger partial charge in [-0.3, -0.25) is 0 Å². The summed E-state index contributed by atoms with van der Waals surface area (Å²) in [5, 5.41) is 9.67. The molecule has 0 aliphatic carbocycles. The summed E-state index contributed by atoms with van der Waals surface area (Å²) in [6, 6.07) is 19.2. The lowest BCUT2D eigenvalue weighted by molar-refractivity contribution is 0.0309. The standard InChI is InChI=1S/C39H50O6/c1-5-7-9-11-13-15-28(3)44-38(42)32-21-17-30(18-22-32)35-26-25-34(37(40)41)27-36(35)31-19-23-33(24-20-31)39(43)45-29(4)16-14-12-10-8-6-2/h17-29H,5-16H2,1-4H3,(H,40,41)/t28-,29-/m1/s1. The molecule has 0 unspecified atom stereocenters. The number of unbranched alkanes of at least 4 members (excludes halogenated alkanes) is 8. The van der Waals surface area contributed by atoms with E-state index < -0.39 is 5.97 Å². The Bertz CT molecular complexity index is 1360. The van der Waals surface area contributed by atoms with Crippen LogP contribution in [0.3, 0.4) is 0 Å². The first kappa shape index (κ1) is 35.5. The highest BCUT2D eigenvalue weighted by atomic mass is 16.5. The van der Waals surface area contributed by atoms with E-state index in [0.29, 0.717) is 16.7 Å². The zero-order valence-electron chi connectivity index (χ0n) is 27.5. The molecule has 6 nitrogen and oxygen atoms in total. The van der Waals surface area contributed by atoms with E-state index >= 15 is 0 Å². The Morgan fingerprint density at radius 1 is 0.556 bits per heavy atom. The lowest BCUT2D eigenvalue weighted by Gasteiger charge is -2.15. The molecule has 0 aromatic heterocycles. The average molecular weight is 615 g/mol. The normalized spacial score (nSPS) is 12.4. The van der Waals surface area contributed by atoms with Gasteiger partial charge in [0.15, 0.2) is 0 Å². The van der Waals surface area contributed by atoms with Gasteiger partial charge in [0.2, 0.25) is 0 Å². The van der Waals surface area contributed by atoms with Crippen molar-refractivity contribution in [2.75, 3.05) is 0 Å². The number of rotatable bonds is 19. The SMILES string of the molecule is CCCCCCC[C@@H](C)OC(=O)c1ccc(-c2ccc(C(=O)O)cc2-c2ccc(C(=O)O[C@H](C)CCCCCCC)cc2)cc1. The summed E-state index contributed by atoms with van der Waals surface area (Å²) in [5.74, 6) is -1.74. The number of carboxylic acids is 1. The van der Waals surface area contributed by atoms with Crippen LogP contribution in [0.1, 0.15) is 136 Å². The van der Waals surface area contributed by atoms with Gasteiger partial charge in [0.25, 0.3) is 0 Å². The van der Waals surface area contributed by atoms with E-state index in [1.165, 1.54) is 38.5 Å². The molecule has 0 aliphatic rings. The van der Waals surface area contributed by atoms with Gasteiger partial charge in [-0.15, -0.1) is 0 Å². The zero-order chi connectivity index (χ0) is 32.6. The van der Waals surface area contributed by atoms with Crippen molar-refractivity contribution in [2.24, 2.45) is 0 Å². The molecule has 0 saturated carbocycles. The highest BCUT2D eigenvalue weighted by molar-refractivity contribution is 5.95. The Hall–Kier alpha value is -3.93. The van der Waals surface area contributed by atoms with Crippen LogP contribution in [0.2, 0.25) is 0 Å². The van der Waals surface area contributed by atoms with Crippen LogP contribution in [0.25, 0.3) is 22.3 Å². The molecule has 0 radical (unpaired) electrons. The number of carbonyl (C=O) groups excluding carboxylic acids is 2. The average Bonchev–Trinajstić information content (AvgIpc) is 3.04. The molecule has 1 N–H and O–H groups in total. The van der Waals surface area contributed by atoms with Gasteiger partial charge in [-0.2, -0.15) is 0 Å². The third-order valence-electron chi connectivity index (χ3n) is 8.17. The summed E-state index contributed by atoms with van der Waals surface area (Å²) < 4.78 is 11.3. The molecule has 0 aliphatic heterocycles. The van der Waals surface area contributed by atoms with Crippen LogP contribution in [0, 0.1) is 0 Å². The quantitative estimate of drug-likeness (QED) is 0.107. The number of benzene rings is 3. The Morgan fingerprint density at radius 2 is 0.956 bits per heavy atom. The summed E-state index contributed by atoms with van der Waals surface area (Å²) in [6.07, 6.45) is 13.1. The van der Waals surface area contributed by atoms with Gasteiger partial charge in [0.1, 0.15) is 0 Å². The second kappa shape index (κ2) is 18.8. The first-order chi connectivity index (χ1) is 21.7. The number of esters is 2. The zero-order valence-corrected chi connectivity index (χ0v) is 27.5. The van der Waals surface area contributed by atoms with Crippen LogP contribution in [0.4, 0.5) is 0 Å². The molecule has 242 valence electrons. The number of carboxylic acid groups (broad SMARTS) is 1. The minimum absolute atomic E-state index is 0.145. The number of aromatic carboxylic acids is 1. The molecular formula is C39H50O6. The van der Waals surface area contributed by atoms with Gasteiger partial charge in [-0.25, -0.2) is 14.4 Å². The van der Waals surface area contributed by atoms with Gasteiger partial charge in [-0.1, -0.05) is 95.5 Å². The molecular weight excluding hydrogens is 564 g/mol. The fourth-order valence-electron chi connectivity index (χ4n) is 5.43. The monoisotopic (exact) mass is 614 g/mol. The van der Waals surface area contributed by atoms with E-state index in [-0.39, 0.29) is 29.7 Å². The van der Waals surface area contributed by atoms with E-state index in [1.54, 1.807) is 42.5 Å². The predicted octanol–water partition coefficient (Wildman–Crippen LogP) is 10.5. The fourth-order valence-corrected chi connectivity index (χ4v) is 5.43. The molecule has 3 aromatic rings. The van der Waals surface area contributed by atoms with E-state index in [1.807, 2.05) is 38.1 Å². The maximum Gasteiger partial charge on any atom is 0.338 e. The van der Waals surface area contributed by atoms with Crippen molar-refractivity contribution in [1.29, 1.82) is 0 Å². The third-order valence-corrected chi connectivity index (χ3v) is 8.17. The van der Waals surface area contributed by atoms with Crippen molar-refractivity contribution in [3.8, 4) is 22.3 Å². The molecule has 3 aromatic carbocycles. The molecule has 0 spiro atoms. The van der Waals surface area contributed by atoms with Gasteiger partial charge in [0, 0.05) is 0 Å². The fraction of sp³-hybridized carbons (Fsp3) is 0.462. The first-order valence-electron chi connectivity index (χ1n) is 16.7. The number of carbonyl (C=O) groups is 3. The summed E-state index contributed by atoms with van der Waals surface area (Å²) in [7, 11) is 0. The molecule has 45 heavy (non-hydrogen) atoms. The van der Waals surface area contributed by atoms with Gasteiger partial charge >= 0.3 is 17.9 Å². The van der Waals surface area contributed by atoms with E-state index in [4.69, 9.17) is 9.47 Å². The van der Waals surface area contributed by atoms with Crippen LogP contribution in [-0.2, 0) is 9.47 Å². The molecule has 0 saturated heterocycles. The predicted molar refractivity (Wildman–Crippen MR) is 181 cm³/mol. The van der Waals surface area contributed by atoms with Crippen molar-refractivity contribution in [1.82, 2.24) is 0 Å². The molecule has 0 amide bonds. The first-order valence-corrected chi connectivity index (χ1v) is 16.7. The van der Waals surface area contributed by atoms with Crippen LogP contribution in [0.5, 0.6) is 0 Å². The van der Waals surface area contributed by atoms with E-state index in [2.05, 4.69) is 13.8 Å². The summed E-state index contributed by atoms with van der Waals surface area (Å²) in [4.78, 5) is 37.4. The Morgan fingerprint density at radius 3 is 1.38 bits per heavy atom. The van der Waals surface area contributed by atoms with Crippen LogP contribution in [-0.4, -0.2) is 35.2 Å². The summed E-state index contributed by atoms with van der Waals surface area (Å²) in [6.45, 7) is 8.24. The molecule has 3 rings (SSSR count). The van der Waals surface area contributed by atoms with Crippen LogP contribution in [0.15, 0.2) is 66.7 Å². The van der Waals surface area contributed by atoms with Gasteiger partial charge in [-0.05, 0) is 98.2 Å². The highest BCUT2D eigenvalue weighted by Crippen LogP contribution is 2.34. The van der Waals surface area contributed by atoms with Crippen molar-refractivity contribution in [3.63, 3.8) is 0 Å². The number of ether oxygens (including phenoxy) is 2. The maximum absolute atomic E-state index is 12.8. The Kier molecular flexibility index (Phi) is 14.8. The van der Waals surface area contributed by atoms with Crippen LogP contribution < -0.4 is 0 Å². The second-order valence-electron chi connectivity index (χ2n) is 12.1. The van der Waals surface area contributed by atoms with Gasteiger partial charge in [0.05, 0.1) is 28.9 Å². The van der Waals surface area contributed by atoms with Crippen molar-refractivity contribution in [3.05, 3.63) is 83.4 Å². The lowest BCUT2D eigenvalue weighted by atomic mass is 9.92. The highest BCUT2D eigenvalue weighted by Gasteiger charge is 2.17. The molecule has 0 bridgehead atoms. The minimum Gasteiger partial charge on any atom is -0.478 e. The molecule has 0 fully saturated rings. The van der Waals surface area contributed by atoms with Crippen molar-refractivity contribution < 1.29 is 29.0 Å². The lowest BCUT2D eigenvalue weighted by Crippen LogP contribution is -2.15. The Labute approximate surface area is 269 Å². The topological polar surface area (TPSA) is 89.9 Å². The largest absolute Gasteiger partial charge is 0.478 e. The third kappa shape index (κ3) is 11.5. The van der Waals surface area contributed by atoms with E-state index in [9.17, 15) is 19.5 Å². The number of hydrogen-bond acceptors (Lipinski definition) is 5. The van der Waals surface area contributed by atoms with Gasteiger partial charge < -0.3 is 14.6 Å². The van der Waals surface area contributed by atoms with Crippen molar-refractivity contribution in [2.45, 2.75) is 117 Å². The smallest absolute Gasteiger partial charge is 0.338 e. The maximum atomic E-state index is 12.8. The Balaban J connectivity index is 1.71. The molecule has 2 atom stereocenters. The summed E-state index contributed by atoms with van der Waals surface area (Å²) >= 11 is 0. The van der Waals surface area contributed by atoms with E-state index in [0.717, 1.165) is 55.2 Å². The van der Waals surface area contributed by atoms with Crippen LogP contribution >= 0.6 is 0 Å². The second-order valence-corrected chi connectivity index (χ2v) is 12.1.